The van der Waals surface area contributed by atoms with Gasteiger partial charge in [0.05, 0.1) is 0 Å². The number of likely N-dealkylation sites (tertiary alicyclic amines) is 1. The van der Waals surface area contributed by atoms with E-state index >= 15 is 0 Å². The van der Waals surface area contributed by atoms with E-state index < -0.39 is 0 Å². The van der Waals surface area contributed by atoms with Crippen molar-refractivity contribution in [3.05, 3.63) is 59.9 Å². The van der Waals surface area contributed by atoms with Crippen LogP contribution in [0.3, 0.4) is 0 Å². The van der Waals surface area contributed by atoms with Crippen LogP contribution < -0.4 is 5.32 Å². The fourth-order valence-corrected chi connectivity index (χ4v) is 2.93. The number of amides is 2. The molecule has 5 nitrogen and oxygen atoms in total. The van der Waals surface area contributed by atoms with Crippen molar-refractivity contribution in [1.82, 2.24) is 9.88 Å². The van der Waals surface area contributed by atoms with Gasteiger partial charge in [-0.05, 0) is 44.0 Å². The second-order valence-corrected chi connectivity index (χ2v) is 6.09. The average molecular weight is 323 g/mol. The summed E-state index contributed by atoms with van der Waals surface area (Å²) in [5.74, 6) is -0.0812. The molecule has 1 N–H and O–H groups in total. The van der Waals surface area contributed by atoms with Gasteiger partial charge in [-0.1, -0.05) is 24.3 Å². The minimum atomic E-state index is -0.0558. The van der Waals surface area contributed by atoms with E-state index in [9.17, 15) is 9.59 Å². The van der Waals surface area contributed by atoms with E-state index in [1.807, 2.05) is 49.4 Å². The first kappa shape index (κ1) is 16.2. The Kier molecular flexibility index (Phi) is 4.89. The van der Waals surface area contributed by atoms with Crippen molar-refractivity contribution < 1.29 is 9.59 Å². The molecule has 24 heavy (non-hydrogen) atoms. The number of para-hydroxylation sites is 1. The van der Waals surface area contributed by atoms with Gasteiger partial charge in [0, 0.05) is 30.4 Å². The van der Waals surface area contributed by atoms with Crippen LogP contribution in [0.15, 0.2) is 48.5 Å². The van der Waals surface area contributed by atoms with E-state index in [1.54, 1.807) is 11.0 Å². The largest absolute Gasteiger partial charge is 0.337 e. The number of carbonyl (C=O) groups excluding carboxylic acids is 2. The van der Waals surface area contributed by atoms with Crippen LogP contribution in [0, 0.1) is 12.8 Å². The van der Waals surface area contributed by atoms with Gasteiger partial charge in [0.15, 0.2) is 0 Å². The number of pyridine rings is 1. The molecule has 124 valence electrons. The molecule has 0 aliphatic carbocycles. The molecule has 0 spiro atoms. The zero-order valence-electron chi connectivity index (χ0n) is 13.7. The van der Waals surface area contributed by atoms with E-state index in [0.717, 1.165) is 11.4 Å². The Labute approximate surface area is 141 Å². The number of carbonyl (C=O) groups is 2. The molecule has 1 aliphatic heterocycles. The van der Waals surface area contributed by atoms with Crippen molar-refractivity contribution in [1.29, 1.82) is 0 Å². The number of hydrogen-bond donors (Lipinski definition) is 1. The standard InChI is InChI=1S/C19H21N3O2/c1-14-6-5-9-17(20-14)19(24)22-12-10-15(11-13-22)18(23)21-16-7-3-2-4-8-16/h2-9,15H,10-13H2,1H3,(H,21,23). The summed E-state index contributed by atoms with van der Waals surface area (Å²) in [6.45, 7) is 3.04. The number of nitrogens with zero attached hydrogens (tertiary/aromatic N) is 2. The minimum absolute atomic E-state index is 0.0296. The molecule has 0 saturated carbocycles. The lowest BCUT2D eigenvalue weighted by Crippen LogP contribution is -2.41. The molecule has 1 fully saturated rings. The zero-order chi connectivity index (χ0) is 16.9. The fourth-order valence-electron chi connectivity index (χ4n) is 2.93. The summed E-state index contributed by atoms with van der Waals surface area (Å²) in [7, 11) is 0. The monoisotopic (exact) mass is 323 g/mol. The van der Waals surface area contributed by atoms with Crippen molar-refractivity contribution in [2.45, 2.75) is 19.8 Å². The number of anilines is 1. The second kappa shape index (κ2) is 7.25. The van der Waals surface area contributed by atoms with Crippen molar-refractivity contribution in [3.63, 3.8) is 0 Å². The van der Waals surface area contributed by atoms with Gasteiger partial charge in [-0.3, -0.25) is 9.59 Å². The maximum Gasteiger partial charge on any atom is 0.272 e. The lowest BCUT2D eigenvalue weighted by atomic mass is 9.95. The summed E-state index contributed by atoms with van der Waals surface area (Å²) >= 11 is 0. The van der Waals surface area contributed by atoms with Crippen LogP contribution >= 0.6 is 0 Å². The van der Waals surface area contributed by atoms with Crippen LogP contribution in [0.1, 0.15) is 29.0 Å². The molecule has 1 saturated heterocycles. The number of piperidine rings is 1. The molecule has 0 unspecified atom stereocenters. The Morgan fingerprint density at radius 3 is 2.42 bits per heavy atom. The van der Waals surface area contributed by atoms with Crippen LogP contribution in [0.5, 0.6) is 0 Å². The van der Waals surface area contributed by atoms with Crippen molar-refractivity contribution >= 4 is 17.5 Å². The third-order valence-corrected chi connectivity index (χ3v) is 4.30. The van der Waals surface area contributed by atoms with Gasteiger partial charge in [-0.2, -0.15) is 0 Å². The Bertz CT molecular complexity index is 722. The average Bonchev–Trinajstić information content (AvgIpc) is 2.62. The lowest BCUT2D eigenvalue weighted by molar-refractivity contribution is -0.121. The second-order valence-electron chi connectivity index (χ2n) is 6.09. The molecule has 2 aromatic rings. The Morgan fingerprint density at radius 1 is 1.04 bits per heavy atom. The third-order valence-electron chi connectivity index (χ3n) is 4.30. The molecule has 2 amide bonds. The van der Waals surface area contributed by atoms with Gasteiger partial charge in [-0.25, -0.2) is 4.98 Å². The first-order valence-corrected chi connectivity index (χ1v) is 8.22. The number of nitrogens with one attached hydrogen (secondary N) is 1. The summed E-state index contributed by atoms with van der Waals surface area (Å²) in [5.41, 5.74) is 2.12. The number of benzene rings is 1. The van der Waals surface area contributed by atoms with Crippen LogP contribution in [0.4, 0.5) is 5.69 Å². The van der Waals surface area contributed by atoms with Gasteiger partial charge in [0.1, 0.15) is 5.69 Å². The maximum absolute atomic E-state index is 12.5. The zero-order valence-corrected chi connectivity index (χ0v) is 13.7. The summed E-state index contributed by atoms with van der Waals surface area (Å²) in [4.78, 5) is 30.9. The highest BCUT2D eigenvalue weighted by Crippen LogP contribution is 2.20. The first-order valence-electron chi connectivity index (χ1n) is 8.22. The predicted octanol–water partition coefficient (Wildman–Crippen LogP) is 2.88. The molecule has 1 aromatic heterocycles. The smallest absolute Gasteiger partial charge is 0.272 e. The molecule has 0 atom stereocenters. The van der Waals surface area contributed by atoms with E-state index in [-0.39, 0.29) is 17.7 Å². The molecule has 1 aromatic carbocycles. The van der Waals surface area contributed by atoms with Gasteiger partial charge in [0.2, 0.25) is 5.91 Å². The van der Waals surface area contributed by atoms with Crippen LogP contribution in [0.2, 0.25) is 0 Å². The van der Waals surface area contributed by atoms with Gasteiger partial charge < -0.3 is 10.2 Å². The first-order chi connectivity index (χ1) is 11.6. The van der Waals surface area contributed by atoms with E-state index in [4.69, 9.17) is 0 Å². The van der Waals surface area contributed by atoms with Gasteiger partial charge in [-0.15, -0.1) is 0 Å². The number of hydrogen-bond acceptors (Lipinski definition) is 3. The molecular formula is C19H21N3O2. The van der Waals surface area contributed by atoms with Crippen LogP contribution in [-0.2, 0) is 4.79 Å². The van der Waals surface area contributed by atoms with E-state index in [0.29, 0.717) is 31.6 Å². The minimum Gasteiger partial charge on any atom is -0.337 e. The van der Waals surface area contributed by atoms with Crippen LogP contribution in [0.25, 0.3) is 0 Å². The van der Waals surface area contributed by atoms with E-state index in [2.05, 4.69) is 10.3 Å². The fraction of sp³-hybridized carbons (Fsp3) is 0.316. The van der Waals surface area contributed by atoms with Gasteiger partial charge in [0.25, 0.3) is 5.91 Å². The Hall–Kier alpha value is -2.69. The summed E-state index contributed by atoms with van der Waals surface area (Å²) < 4.78 is 0. The molecule has 1 aliphatic rings. The molecular weight excluding hydrogens is 302 g/mol. The molecule has 0 bridgehead atoms. The summed E-state index contributed by atoms with van der Waals surface area (Å²) in [6, 6.07) is 14.9. The quantitative estimate of drug-likeness (QED) is 0.945. The van der Waals surface area contributed by atoms with Crippen molar-refractivity contribution in [2.75, 3.05) is 18.4 Å². The lowest BCUT2D eigenvalue weighted by Gasteiger charge is -2.31. The highest BCUT2D eigenvalue weighted by molar-refractivity contribution is 5.94. The predicted molar refractivity (Wildman–Crippen MR) is 92.7 cm³/mol. The Balaban J connectivity index is 1.55. The molecule has 0 radical (unpaired) electrons. The van der Waals surface area contributed by atoms with Crippen LogP contribution in [-0.4, -0.2) is 34.8 Å². The maximum atomic E-state index is 12.5. The molecule has 2 heterocycles. The number of aromatic nitrogens is 1. The normalized spacial score (nSPS) is 15.1. The SMILES string of the molecule is Cc1cccc(C(=O)N2CCC(C(=O)Nc3ccccc3)CC2)n1. The topological polar surface area (TPSA) is 62.3 Å². The highest BCUT2D eigenvalue weighted by atomic mass is 16.2. The number of rotatable bonds is 3. The van der Waals surface area contributed by atoms with E-state index in [1.165, 1.54) is 0 Å². The summed E-state index contributed by atoms with van der Waals surface area (Å²) in [5, 5.41) is 2.94. The number of aryl methyl sites for hydroxylation is 1. The van der Waals surface area contributed by atoms with Crippen molar-refractivity contribution in [2.24, 2.45) is 5.92 Å². The third kappa shape index (κ3) is 3.79. The molecule has 5 heteroatoms. The molecule has 3 rings (SSSR count). The Morgan fingerprint density at radius 2 is 1.75 bits per heavy atom. The van der Waals surface area contributed by atoms with Crippen molar-refractivity contribution in [3.8, 4) is 0 Å². The highest BCUT2D eigenvalue weighted by Gasteiger charge is 2.28. The summed E-state index contributed by atoms with van der Waals surface area (Å²) in [6.07, 6.45) is 1.35. The van der Waals surface area contributed by atoms with Gasteiger partial charge >= 0.3 is 0 Å².